The average molecular weight is 671 g/mol. The van der Waals surface area contributed by atoms with Crippen LogP contribution in [0, 0.1) is 36.0 Å². The van der Waals surface area contributed by atoms with Crippen LogP contribution in [0.5, 0.6) is 11.5 Å². The number of ether oxygens (including phenoxy) is 1. The van der Waals surface area contributed by atoms with Crippen molar-refractivity contribution < 1.29 is 29.0 Å². The quantitative estimate of drug-likeness (QED) is 0.217. The molecule has 3 fully saturated rings. The predicted octanol–water partition coefficient (Wildman–Crippen LogP) is 5.50. The van der Waals surface area contributed by atoms with Crippen molar-refractivity contribution in [2.45, 2.75) is 32.6 Å². The zero-order valence-corrected chi connectivity index (χ0v) is 27.6. The van der Waals surface area contributed by atoms with Gasteiger partial charge in [0.05, 0.1) is 35.2 Å². The van der Waals surface area contributed by atoms with Crippen molar-refractivity contribution in [3.8, 4) is 22.1 Å². The van der Waals surface area contributed by atoms with Gasteiger partial charge in [-0.05, 0) is 73.9 Å². The third-order valence-corrected chi connectivity index (χ3v) is 12.4. The number of nitrogens with zero attached hydrogens (tertiary/aromatic N) is 3. The number of benzene rings is 2. The summed E-state index contributed by atoms with van der Waals surface area (Å²) in [5.74, 6) is -4.25. The highest BCUT2D eigenvalue weighted by Crippen LogP contribution is 2.65. The second-order valence-corrected chi connectivity index (χ2v) is 14.6. The van der Waals surface area contributed by atoms with E-state index >= 15 is 0 Å². The predicted molar refractivity (Wildman–Crippen MR) is 176 cm³/mol. The first kappa shape index (κ1) is 29.9. The topological polar surface area (TPSA) is 131 Å². The molecule has 0 radical (unpaired) electrons. The van der Waals surface area contributed by atoms with Crippen LogP contribution < -0.4 is 15.0 Å². The summed E-state index contributed by atoms with van der Waals surface area (Å²) in [6, 6.07) is 12.4. The van der Waals surface area contributed by atoms with Crippen molar-refractivity contribution in [1.82, 2.24) is 15.1 Å². The molecule has 0 spiro atoms. The largest absolute Gasteiger partial charge is 0.508 e. The van der Waals surface area contributed by atoms with Crippen LogP contribution in [-0.2, 0) is 26.2 Å². The zero-order valence-electron chi connectivity index (χ0n) is 26.0. The van der Waals surface area contributed by atoms with Crippen LogP contribution in [0.3, 0.4) is 0 Å². The zero-order chi connectivity index (χ0) is 33.1. The summed E-state index contributed by atoms with van der Waals surface area (Å²) in [7, 11) is 3.19. The summed E-state index contributed by atoms with van der Waals surface area (Å²) in [5, 5.41) is 20.2. The number of carbonyl (C=O) groups is 4. The highest BCUT2D eigenvalue weighted by molar-refractivity contribution is 7.22. The van der Waals surface area contributed by atoms with Gasteiger partial charge in [-0.3, -0.25) is 29.2 Å². The number of thiophene rings is 1. The van der Waals surface area contributed by atoms with E-state index in [-0.39, 0.29) is 24.0 Å². The molecule has 6 atom stereocenters. The van der Waals surface area contributed by atoms with Crippen molar-refractivity contribution in [2.75, 3.05) is 12.0 Å². The van der Waals surface area contributed by atoms with E-state index in [0.717, 1.165) is 26.1 Å². The number of imide groups is 2. The molecule has 2 aliphatic carbocycles. The summed E-state index contributed by atoms with van der Waals surface area (Å²) in [5.41, 5.74) is 1.43. The van der Waals surface area contributed by atoms with Gasteiger partial charge in [0.25, 0.3) is 0 Å². The number of amides is 4. The van der Waals surface area contributed by atoms with E-state index < -0.39 is 46.8 Å². The Kier molecular flexibility index (Phi) is 6.52. The Morgan fingerprint density at radius 2 is 1.89 bits per heavy atom. The van der Waals surface area contributed by atoms with E-state index in [0.29, 0.717) is 34.3 Å². The minimum atomic E-state index is -1.34. The number of nitrogens with one attached hydrogen (secondary N) is 1. The third-order valence-electron chi connectivity index (χ3n) is 10.9. The van der Waals surface area contributed by atoms with E-state index in [1.807, 2.05) is 31.2 Å². The van der Waals surface area contributed by atoms with Gasteiger partial charge in [-0.2, -0.15) is 5.10 Å². The monoisotopic (exact) mass is 670 g/mol. The highest BCUT2D eigenvalue weighted by atomic mass is 35.5. The summed E-state index contributed by atoms with van der Waals surface area (Å²) in [6.45, 7) is 3.77. The molecule has 0 unspecified atom stereocenters. The highest BCUT2D eigenvalue weighted by Gasteiger charge is 2.68. The number of aromatic hydroxyl groups is 1. The molecule has 0 bridgehead atoms. The molecular formula is C35H31ClN4O6S. The molecule has 8 rings (SSSR count). The van der Waals surface area contributed by atoms with E-state index in [9.17, 15) is 24.3 Å². The molecule has 4 heterocycles. The number of hydrogen-bond donors (Lipinski definition) is 2. The molecule has 1 saturated carbocycles. The van der Waals surface area contributed by atoms with E-state index in [4.69, 9.17) is 21.4 Å². The first-order valence-corrected chi connectivity index (χ1v) is 16.7. The summed E-state index contributed by atoms with van der Waals surface area (Å²) >= 11 is 7.84. The second-order valence-electron chi connectivity index (χ2n) is 13.1. The van der Waals surface area contributed by atoms with Gasteiger partial charge in [-0.15, -0.1) is 11.3 Å². The van der Waals surface area contributed by atoms with Gasteiger partial charge in [-0.25, -0.2) is 4.90 Å². The molecule has 10 nitrogen and oxygen atoms in total. The summed E-state index contributed by atoms with van der Waals surface area (Å²) < 4.78 is 8.30. The number of fused-ring (bicyclic) bond motifs is 5. The molecule has 47 heavy (non-hydrogen) atoms. The second kappa shape index (κ2) is 10.3. The molecule has 4 aliphatic rings. The molecule has 2 N–H and O–H groups in total. The van der Waals surface area contributed by atoms with Crippen LogP contribution in [0.4, 0.5) is 5.82 Å². The molecule has 4 amide bonds. The van der Waals surface area contributed by atoms with Crippen molar-refractivity contribution in [2.24, 2.45) is 36.1 Å². The lowest BCUT2D eigenvalue weighted by atomic mass is 9.51. The van der Waals surface area contributed by atoms with Crippen molar-refractivity contribution >= 4 is 62.5 Å². The van der Waals surface area contributed by atoms with Gasteiger partial charge in [0, 0.05) is 34.3 Å². The molecule has 2 aliphatic heterocycles. The van der Waals surface area contributed by atoms with Crippen LogP contribution in [0.2, 0.25) is 5.02 Å². The van der Waals surface area contributed by atoms with Crippen molar-refractivity contribution in [3.05, 3.63) is 70.3 Å². The Morgan fingerprint density at radius 1 is 1.11 bits per heavy atom. The summed E-state index contributed by atoms with van der Waals surface area (Å²) in [4.78, 5) is 57.5. The standard InChI is InChI=1S/C35H31ClN4O6S/c1-15-19-12-16(36)8-11-25(19)47-30(15)22-14-26(39(3)38-22)40-33(44)21-13-20-17(9-10-18-27(20)32(43)37-31(18)42)29(35(21,2)34(40)45)28-23(41)6-5-7-24(28)46-4/h5-9,11-12,14,18,20-21,27,29,41H,10,13H2,1-4H3,(H,37,42,43)/t18-,20+,21-,27-,29+,35+/m0/s1. The van der Waals surface area contributed by atoms with Gasteiger partial charge in [0.15, 0.2) is 0 Å². The maximum absolute atomic E-state index is 14.9. The van der Waals surface area contributed by atoms with Gasteiger partial charge < -0.3 is 9.84 Å². The van der Waals surface area contributed by atoms with E-state index in [2.05, 4.69) is 5.32 Å². The molecule has 240 valence electrons. The molecule has 2 aromatic carbocycles. The first-order valence-electron chi connectivity index (χ1n) is 15.5. The molecule has 12 heteroatoms. The number of rotatable bonds is 4. The molecule has 2 saturated heterocycles. The number of allylic oxidation sites excluding steroid dienone is 2. The van der Waals surface area contributed by atoms with E-state index in [1.54, 1.807) is 48.2 Å². The minimum absolute atomic E-state index is 0.0770. The fourth-order valence-corrected chi connectivity index (χ4v) is 9.99. The van der Waals surface area contributed by atoms with Crippen LogP contribution >= 0.6 is 22.9 Å². The molecular weight excluding hydrogens is 640 g/mol. The SMILES string of the molecule is COc1cccc(O)c1[C@H]1C2=CC[C@@H]3C(=O)NC(=O)[C@@H]3[C@@H]2C[C@H]2C(=O)N(c3cc(-c4sc5ccc(Cl)cc5c4C)nn3C)C(=O)[C@@]12C. The Bertz CT molecular complexity index is 2120. The number of hydrogen-bond acceptors (Lipinski definition) is 8. The molecule has 2 aromatic heterocycles. The van der Waals surface area contributed by atoms with Gasteiger partial charge >= 0.3 is 0 Å². The molecule has 4 aromatic rings. The number of halogens is 1. The lowest BCUT2D eigenvalue weighted by Crippen LogP contribution is -2.49. The van der Waals surface area contributed by atoms with Crippen LogP contribution in [0.25, 0.3) is 20.7 Å². The Labute approximate surface area is 278 Å². The van der Waals surface area contributed by atoms with E-state index in [1.165, 1.54) is 18.1 Å². The number of aryl methyl sites for hydroxylation is 2. The summed E-state index contributed by atoms with van der Waals surface area (Å²) in [6.07, 6.45) is 2.46. The smallest absolute Gasteiger partial charge is 0.242 e. The Balaban J connectivity index is 1.28. The maximum atomic E-state index is 14.9. The maximum Gasteiger partial charge on any atom is 0.242 e. The van der Waals surface area contributed by atoms with Crippen molar-refractivity contribution in [3.63, 3.8) is 0 Å². The number of phenols is 1. The third kappa shape index (κ3) is 3.99. The fraction of sp³-hybridized carbons (Fsp3) is 0.343. The van der Waals surface area contributed by atoms with Gasteiger partial charge in [-0.1, -0.05) is 29.3 Å². The number of aromatic nitrogens is 2. The van der Waals surface area contributed by atoms with Gasteiger partial charge in [0.2, 0.25) is 23.6 Å². The Morgan fingerprint density at radius 3 is 2.66 bits per heavy atom. The number of phenolic OH excluding ortho intramolecular Hbond substituents is 1. The van der Waals surface area contributed by atoms with Crippen LogP contribution in [0.15, 0.2) is 54.1 Å². The number of carbonyl (C=O) groups excluding carboxylic acids is 4. The normalized spacial score (nSPS) is 28.3. The average Bonchev–Trinajstić information content (AvgIpc) is 3.72. The Hall–Kier alpha value is -4.48. The number of methoxy groups -OCH3 is 1. The van der Waals surface area contributed by atoms with Crippen LogP contribution in [-0.4, -0.2) is 45.6 Å². The fourth-order valence-electron chi connectivity index (χ4n) is 8.67. The van der Waals surface area contributed by atoms with Gasteiger partial charge in [0.1, 0.15) is 23.0 Å². The first-order chi connectivity index (χ1) is 22.4. The number of anilines is 1. The lowest BCUT2D eigenvalue weighted by molar-refractivity contribution is -0.131. The minimum Gasteiger partial charge on any atom is -0.508 e. The van der Waals surface area contributed by atoms with Crippen molar-refractivity contribution in [1.29, 1.82) is 0 Å². The van der Waals surface area contributed by atoms with Crippen LogP contribution in [0.1, 0.15) is 36.8 Å². The lowest BCUT2D eigenvalue weighted by Gasteiger charge is -2.49.